The lowest BCUT2D eigenvalue weighted by molar-refractivity contribution is 0.0842. The van der Waals surface area contributed by atoms with Crippen LogP contribution in [0.15, 0.2) is 36.4 Å². The first kappa shape index (κ1) is 12.3. The van der Waals surface area contributed by atoms with Crippen LogP contribution < -0.4 is 4.74 Å². The van der Waals surface area contributed by atoms with E-state index in [0.29, 0.717) is 5.56 Å². The van der Waals surface area contributed by atoms with Crippen molar-refractivity contribution in [2.24, 2.45) is 0 Å². The number of ketones is 1. The van der Waals surface area contributed by atoms with E-state index in [9.17, 15) is 20.1 Å². The van der Waals surface area contributed by atoms with Gasteiger partial charge in [0.1, 0.15) is 34.7 Å². The fraction of sp³-hybridized carbons (Fsp3) is 0.133. The molecule has 0 aromatic heterocycles. The summed E-state index contributed by atoms with van der Waals surface area (Å²) in [6, 6.07) is 8.96. The summed E-state index contributed by atoms with van der Waals surface area (Å²) < 4.78 is 5.63. The van der Waals surface area contributed by atoms with E-state index in [4.69, 9.17) is 4.74 Å². The Labute approximate surface area is 114 Å². The summed E-state index contributed by atoms with van der Waals surface area (Å²) in [4.78, 5) is 12.1. The predicted molar refractivity (Wildman–Crippen MR) is 70.2 cm³/mol. The molecular weight excluding hydrogens is 260 g/mol. The molecule has 1 unspecified atom stereocenters. The molecule has 5 nitrogen and oxygen atoms in total. The number of phenolic OH excluding ortho intramolecular Hbond substituents is 3. The highest BCUT2D eigenvalue weighted by atomic mass is 16.5. The molecule has 1 aliphatic heterocycles. The number of fused-ring (bicyclic) bond motifs is 1. The Hall–Kier alpha value is -2.69. The highest BCUT2D eigenvalue weighted by molar-refractivity contribution is 6.02. The van der Waals surface area contributed by atoms with Crippen LogP contribution in [0.5, 0.6) is 23.0 Å². The molecule has 0 spiro atoms. The van der Waals surface area contributed by atoms with Crippen molar-refractivity contribution in [1.82, 2.24) is 0 Å². The molecule has 3 rings (SSSR count). The van der Waals surface area contributed by atoms with Crippen molar-refractivity contribution in [2.75, 3.05) is 0 Å². The average Bonchev–Trinajstić information content (AvgIpc) is 2.37. The second-order valence-corrected chi connectivity index (χ2v) is 4.63. The third-order valence-electron chi connectivity index (χ3n) is 3.27. The fourth-order valence-corrected chi connectivity index (χ4v) is 2.36. The lowest BCUT2D eigenvalue weighted by atomic mass is 9.95. The van der Waals surface area contributed by atoms with Crippen LogP contribution in [0.25, 0.3) is 0 Å². The molecule has 0 saturated carbocycles. The third kappa shape index (κ3) is 1.93. The van der Waals surface area contributed by atoms with E-state index in [1.807, 2.05) is 0 Å². The number of aromatic hydroxyl groups is 3. The smallest absolute Gasteiger partial charge is 0.174 e. The van der Waals surface area contributed by atoms with Gasteiger partial charge in [-0.3, -0.25) is 4.79 Å². The minimum Gasteiger partial charge on any atom is -0.508 e. The lowest BCUT2D eigenvalue weighted by Gasteiger charge is -2.26. The Morgan fingerprint density at radius 1 is 1.05 bits per heavy atom. The second kappa shape index (κ2) is 4.45. The molecule has 0 fully saturated rings. The maximum absolute atomic E-state index is 12.1. The molecule has 0 radical (unpaired) electrons. The van der Waals surface area contributed by atoms with Crippen LogP contribution in [0.3, 0.4) is 0 Å². The molecule has 1 heterocycles. The number of para-hydroxylation sites is 1. The van der Waals surface area contributed by atoms with Gasteiger partial charge < -0.3 is 20.1 Å². The van der Waals surface area contributed by atoms with Crippen LogP contribution in [-0.4, -0.2) is 21.1 Å². The largest absolute Gasteiger partial charge is 0.508 e. The van der Waals surface area contributed by atoms with Crippen molar-refractivity contribution < 1.29 is 24.9 Å². The SMILES string of the molecule is O=C1CC(c2ccccc2O)Oc2cc(O)cc(O)c21. The van der Waals surface area contributed by atoms with Crippen molar-refractivity contribution in [1.29, 1.82) is 0 Å². The van der Waals surface area contributed by atoms with Gasteiger partial charge in [0.15, 0.2) is 5.78 Å². The molecule has 0 aliphatic carbocycles. The average molecular weight is 272 g/mol. The van der Waals surface area contributed by atoms with Gasteiger partial charge in [-0.1, -0.05) is 18.2 Å². The molecule has 0 saturated heterocycles. The van der Waals surface area contributed by atoms with Crippen LogP contribution in [0, 0.1) is 0 Å². The molecule has 0 amide bonds. The van der Waals surface area contributed by atoms with Gasteiger partial charge in [-0.15, -0.1) is 0 Å². The quantitative estimate of drug-likeness (QED) is 0.742. The van der Waals surface area contributed by atoms with E-state index in [-0.39, 0.29) is 40.8 Å². The topological polar surface area (TPSA) is 87.0 Å². The zero-order valence-corrected chi connectivity index (χ0v) is 10.4. The van der Waals surface area contributed by atoms with Gasteiger partial charge in [-0.05, 0) is 6.07 Å². The molecular formula is C15H12O5. The number of carbonyl (C=O) groups is 1. The van der Waals surface area contributed by atoms with Crippen LogP contribution >= 0.6 is 0 Å². The highest BCUT2D eigenvalue weighted by Crippen LogP contribution is 2.42. The number of benzene rings is 2. The van der Waals surface area contributed by atoms with E-state index < -0.39 is 6.10 Å². The zero-order valence-electron chi connectivity index (χ0n) is 10.4. The van der Waals surface area contributed by atoms with Crippen molar-refractivity contribution in [3.8, 4) is 23.0 Å². The first-order chi connectivity index (χ1) is 9.56. The number of phenols is 3. The fourth-order valence-electron chi connectivity index (χ4n) is 2.36. The molecule has 2 aromatic carbocycles. The summed E-state index contributed by atoms with van der Waals surface area (Å²) in [7, 11) is 0. The van der Waals surface area contributed by atoms with Gasteiger partial charge in [0.2, 0.25) is 0 Å². The molecule has 2 aromatic rings. The van der Waals surface area contributed by atoms with Crippen molar-refractivity contribution in [3.05, 3.63) is 47.5 Å². The van der Waals surface area contributed by atoms with E-state index in [1.165, 1.54) is 12.1 Å². The van der Waals surface area contributed by atoms with Crippen molar-refractivity contribution in [2.45, 2.75) is 12.5 Å². The Bertz CT molecular complexity index is 693. The summed E-state index contributed by atoms with van der Waals surface area (Å²) in [5, 5.41) is 29.0. The summed E-state index contributed by atoms with van der Waals surface area (Å²) in [5.41, 5.74) is 0.559. The highest BCUT2D eigenvalue weighted by Gasteiger charge is 2.31. The number of carbonyl (C=O) groups excluding carboxylic acids is 1. The molecule has 20 heavy (non-hydrogen) atoms. The maximum Gasteiger partial charge on any atom is 0.174 e. The molecule has 1 atom stereocenters. The molecule has 0 bridgehead atoms. The Morgan fingerprint density at radius 3 is 2.55 bits per heavy atom. The lowest BCUT2D eigenvalue weighted by Crippen LogP contribution is -2.20. The number of hydrogen-bond acceptors (Lipinski definition) is 5. The van der Waals surface area contributed by atoms with Crippen molar-refractivity contribution in [3.63, 3.8) is 0 Å². The predicted octanol–water partition coefficient (Wildman–Crippen LogP) is 2.51. The van der Waals surface area contributed by atoms with Crippen LogP contribution in [0.2, 0.25) is 0 Å². The minimum absolute atomic E-state index is 0.0168. The van der Waals surface area contributed by atoms with Gasteiger partial charge in [0, 0.05) is 17.7 Å². The normalized spacial score (nSPS) is 17.4. The van der Waals surface area contributed by atoms with Gasteiger partial charge in [-0.2, -0.15) is 0 Å². The van der Waals surface area contributed by atoms with Crippen LogP contribution in [0.4, 0.5) is 0 Å². The molecule has 5 heteroatoms. The number of ether oxygens (including phenoxy) is 1. The maximum atomic E-state index is 12.1. The first-order valence-electron chi connectivity index (χ1n) is 6.10. The number of rotatable bonds is 1. The molecule has 102 valence electrons. The summed E-state index contributed by atoms with van der Waals surface area (Å²) in [5.74, 6) is -0.630. The number of hydrogen-bond donors (Lipinski definition) is 3. The third-order valence-corrected chi connectivity index (χ3v) is 3.27. The zero-order chi connectivity index (χ0) is 14.3. The van der Waals surface area contributed by atoms with Gasteiger partial charge >= 0.3 is 0 Å². The van der Waals surface area contributed by atoms with E-state index in [2.05, 4.69) is 0 Å². The molecule has 3 N–H and O–H groups in total. The molecule has 1 aliphatic rings. The van der Waals surface area contributed by atoms with Crippen LogP contribution in [0.1, 0.15) is 28.4 Å². The number of Topliss-reactive ketones (excluding diaryl/α,β-unsaturated/α-hetero) is 1. The second-order valence-electron chi connectivity index (χ2n) is 4.63. The Kier molecular flexibility index (Phi) is 2.75. The van der Waals surface area contributed by atoms with Gasteiger partial charge in [-0.25, -0.2) is 0 Å². The first-order valence-corrected chi connectivity index (χ1v) is 6.10. The van der Waals surface area contributed by atoms with Gasteiger partial charge in [0.05, 0.1) is 6.42 Å². The minimum atomic E-state index is -0.641. The Balaban J connectivity index is 2.05. The van der Waals surface area contributed by atoms with E-state index >= 15 is 0 Å². The monoisotopic (exact) mass is 272 g/mol. The summed E-state index contributed by atoms with van der Waals surface area (Å²) >= 11 is 0. The van der Waals surface area contributed by atoms with Gasteiger partial charge in [0.25, 0.3) is 0 Å². The Morgan fingerprint density at radius 2 is 1.80 bits per heavy atom. The van der Waals surface area contributed by atoms with Crippen molar-refractivity contribution >= 4 is 5.78 Å². The summed E-state index contributed by atoms with van der Waals surface area (Å²) in [6.07, 6.45) is -0.625. The van der Waals surface area contributed by atoms with E-state index in [1.54, 1.807) is 18.2 Å². The van der Waals surface area contributed by atoms with Crippen LogP contribution in [-0.2, 0) is 0 Å². The standard InChI is InChI=1S/C15H12O5/c16-8-5-11(18)15-12(19)7-13(20-14(15)6-8)9-3-1-2-4-10(9)17/h1-6,13,16-18H,7H2. The summed E-state index contributed by atoms with van der Waals surface area (Å²) in [6.45, 7) is 0. The van der Waals surface area contributed by atoms with E-state index in [0.717, 1.165) is 6.07 Å².